The van der Waals surface area contributed by atoms with Gasteiger partial charge in [0.25, 0.3) is 11.8 Å². The number of hydrogen-bond acceptors (Lipinski definition) is 6. The van der Waals surface area contributed by atoms with Gasteiger partial charge in [0.2, 0.25) is 5.91 Å². The van der Waals surface area contributed by atoms with Crippen molar-refractivity contribution in [1.29, 1.82) is 0 Å². The number of carbonyl (C=O) groups excluding carboxylic acids is 3. The molecule has 194 valence electrons. The van der Waals surface area contributed by atoms with Crippen molar-refractivity contribution in [2.75, 3.05) is 11.9 Å². The van der Waals surface area contributed by atoms with Crippen molar-refractivity contribution in [3.8, 4) is 11.8 Å². The number of rotatable bonds is 8. The van der Waals surface area contributed by atoms with Crippen LogP contribution in [0, 0.1) is 23.7 Å². The second kappa shape index (κ2) is 12.0. The first-order valence-corrected chi connectivity index (χ1v) is 12.5. The van der Waals surface area contributed by atoms with Gasteiger partial charge < -0.3 is 21.1 Å². The van der Waals surface area contributed by atoms with Gasteiger partial charge in [0.1, 0.15) is 6.04 Å². The first kappa shape index (κ1) is 26.4. The molecule has 1 unspecified atom stereocenters. The third-order valence-electron chi connectivity index (χ3n) is 7.09. The number of anilines is 1. The molecular weight excluding hydrogens is 472 g/mol. The maximum Gasteiger partial charge on any atom is 0.268 e. The van der Waals surface area contributed by atoms with Gasteiger partial charge in [-0.25, -0.2) is 5.48 Å². The van der Waals surface area contributed by atoms with Crippen LogP contribution in [-0.4, -0.2) is 52.8 Å². The van der Waals surface area contributed by atoms with E-state index in [1.165, 1.54) is 38.1 Å². The monoisotopic (exact) mass is 504 g/mol. The number of nitrogens with one attached hydrogen (secondary N) is 4. The van der Waals surface area contributed by atoms with Crippen molar-refractivity contribution in [2.24, 2.45) is 11.8 Å². The lowest BCUT2D eigenvalue weighted by molar-refractivity contribution is -0.133. The van der Waals surface area contributed by atoms with Crippen molar-refractivity contribution in [1.82, 2.24) is 16.1 Å². The first-order valence-electron chi connectivity index (χ1n) is 12.5. The van der Waals surface area contributed by atoms with E-state index in [9.17, 15) is 19.5 Å². The van der Waals surface area contributed by atoms with E-state index in [4.69, 9.17) is 5.21 Å². The third kappa shape index (κ3) is 6.95. The van der Waals surface area contributed by atoms with Crippen molar-refractivity contribution < 1.29 is 24.7 Å². The summed E-state index contributed by atoms with van der Waals surface area (Å²) < 4.78 is 0. The summed E-state index contributed by atoms with van der Waals surface area (Å²) >= 11 is 0. The molecule has 2 aliphatic rings. The standard InChI is InChI=1S/C28H32N4O5/c1-17(33)26(28(36)32-37)31-27(35)21-9-4-18(5-10-21)2-3-19-7-12-23(13-8-19)30-25(34)16-29-24-15-20-6-11-22(24)14-20/h4-5,7-10,12-13,17,20,22,24,26,29,33,37H,6,11,14-16H2,1H3,(H,30,34)(H,31,35)(H,32,36)/t17-,20+,22+,24?,26+/m1/s1. The van der Waals surface area contributed by atoms with Gasteiger partial charge in [0.15, 0.2) is 0 Å². The summed E-state index contributed by atoms with van der Waals surface area (Å²) in [7, 11) is 0. The Hall–Kier alpha value is -3.71. The lowest BCUT2D eigenvalue weighted by atomic mass is 9.95. The quantitative estimate of drug-likeness (QED) is 0.184. The normalized spacial score (nSPS) is 21.3. The average molecular weight is 505 g/mol. The van der Waals surface area contributed by atoms with Crippen LogP contribution in [0.4, 0.5) is 5.69 Å². The molecule has 2 aliphatic carbocycles. The van der Waals surface area contributed by atoms with Crippen LogP contribution in [0.3, 0.4) is 0 Å². The number of benzene rings is 2. The van der Waals surface area contributed by atoms with Crippen molar-refractivity contribution in [3.63, 3.8) is 0 Å². The summed E-state index contributed by atoms with van der Waals surface area (Å²) in [4.78, 5) is 36.3. The maximum absolute atomic E-state index is 12.4. The number of carbonyl (C=O) groups is 3. The van der Waals surface area contributed by atoms with Crippen LogP contribution in [-0.2, 0) is 9.59 Å². The smallest absolute Gasteiger partial charge is 0.268 e. The van der Waals surface area contributed by atoms with Crippen LogP contribution < -0.4 is 21.4 Å². The lowest BCUT2D eigenvalue weighted by Gasteiger charge is -2.22. The summed E-state index contributed by atoms with van der Waals surface area (Å²) in [5, 5.41) is 27.1. The van der Waals surface area contributed by atoms with Gasteiger partial charge in [0.05, 0.1) is 12.6 Å². The molecule has 9 heteroatoms. The van der Waals surface area contributed by atoms with E-state index in [1.54, 1.807) is 24.3 Å². The molecule has 0 aliphatic heterocycles. The van der Waals surface area contributed by atoms with Crippen LogP contribution in [0.5, 0.6) is 0 Å². The van der Waals surface area contributed by atoms with Gasteiger partial charge in [-0.1, -0.05) is 18.3 Å². The van der Waals surface area contributed by atoms with E-state index in [0.29, 0.717) is 23.8 Å². The van der Waals surface area contributed by atoms with Gasteiger partial charge in [-0.2, -0.15) is 0 Å². The number of hydrogen-bond donors (Lipinski definition) is 6. The second-order valence-corrected chi connectivity index (χ2v) is 9.78. The molecule has 9 nitrogen and oxygen atoms in total. The highest BCUT2D eigenvalue weighted by Crippen LogP contribution is 2.44. The SMILES string of the molecule is C[C@@H](O)[C@H](NC(=O)c1ccc(C#Cc2ccc(NC(=O)CNC3C[C@H]4CC[C@H]3C4)cc2)cc1)C(=O)NO. The van der Waals surface area contributed by atoms with E-state index in [1.807, 2.05) is 24.3 Å². The fourth-order valence-electron chi connectivity index (χ4n) is 5.11. The van der Waals surface area contributed by atoms with Crippen molar-refractivity contribution >= 4 is 23.4 Å². The minimum atomic E-state index is -1.29. The molecule has 3 amide bonds. The zero-order valence-electron chi connectivity index (χ0n) is 20.7. The molecule has 4 rings (SSSR count). The molecule has 2 fully saturated rings. The van der Waals surface area contributed by atoms with Crippen LogP contribution in [0.25, 0.3) is 0 Å². The van der Waals surface area contributed by atoms with Crippen LogP contribution >= 0.6 is 0 Å². The lowest BCUT2D eigenvalue weighted by Crippen LogP contribution is -2.51. The predicted molar refractivity (Wildman–Crippen MR) is 138 cm³/mol. The van der Waals surface area contributed by atoms with Gasteiger partial charge in [-0.05, 0) is 86.6 Å². The van der Waals surface area contributed by atoms with E-state index in [0.717, 1.165) is 17.4 Å². The summed E-state index contributed by atoms with van der Waals surface area (Å²) in [6.45, 7) is 1.65. The van der Waals surface area contributed by atoms with Crippen LogP contribution in [0.2, 0.25) is 0 Å². The Morgan fingerprint density at radius 1 is 0.973 bits per heavy atom. The van der Waals surface area contributed by atoms with Gasteiger partial charge in [0, 0.05) is 28.4 Å². The fourth-order valence-corrected chi connectivity index (χ4v) is 5.11. The Balaban J connectivity index is 1.26. The average Bonchev–Trinajstić information content (AvgIpc) is 3.53. The molecule has 2 aromatic carbocycles. The summed E-state index contributed by atoms with van der Waals surface area (Å²) in [6, 6.07) is 12.9. The zero-order valence-corrected chi connectivity index (χ0v) is 20.7. The summed E-state index contributed by atoms with van der Waals surface area (Å²) in [5.41, 5.74) is 3.87. The Morgan fingerprint density at radius 3 is 2.16 bits per heavy atom. The number of amides is 3. The number of fused-ring (bicyclic) bond motifs is 2. The Labute approximate surface area is 216 Å². The predicted octanol–water partition coefficient (Wildman–Crippen LogP) is 1.79. The highest BCUT2D eigenvalue weighted by molar-refractivity contribution is 5.97. The molecule has 2 saturated carbocycles. The molecule has 2 bridgehead atoms. The van der Waals surface area contributed by atoms with Gasteiger partial charge >= 0.3 is 0 Å². The van der Waals surface area contributed by atoms with Crippen molar-refractivity contribution in [3.05, 3.63) is 65.2 Å². The minimum absolute atomic E-state index is 0.0532. The topological polar surface area (TPSA) is 140 Å². The highest BCUT2D eigenvalue weighted by Gasteiger charge is 2.39. The van der Waals surface area contributed by atoms with Gasteiger partial charge in [-0.3, -0.25) is 19.6 Å². The molecule has 0 saturated heterocycles. The zero-order chi connectivity index (χ0) is 26.4. The molecule has 37 heavy (non-hydrogen) atoms. The Morgan fingerprint density at radius 2 is 1.62 bits per heavy atom. The molecule has 0 aromatic heterocycles. The van der Waals surface area contributed by atoms with E-state index < -0.39 is 24.0 Å². The minimum Gasteiger partial charge on any atom is -0.391 e. The van der Waals surface area contributed by atoms with Crippen LogP contribution in [0.15, 0.2) is 48.5 Å². The number of aliphatic hydroxyl groups is 1. The number of hydroxylamine groups is 1. The third-order valence-corrected chi connectivity index (χ3v) is 7.09. The summed E-state index contributed by atoms with van der Waals surface area (Å²) in [6.07, 6.45) is 3.92. The highest BCUT2D eigenvalue weighted by atomic mass is 16.5. The summed E-state index contributed by atoms with van der Waals surface area (Å²) in [5.74, 6) is 6.10. The molecule has 0 radical (unpaired) electrons. The Bertz CT molecular complexity index is 1180. The fraction of sp³-hybridized carbons (Fsp3) is 0.393. The van der Waals surface area contributed by atoms with Crippen molar-refractivity contribution in [2.45, 2.75) is 50.8 Å². The molecule has 0 heterocycles. The molecule has 6 N–H and O–H groups in total. The van der Waals surface area contributed by atoms with E-state index in [2.05, 4.69) is 27.8 Å². The molecule has 2 aromatic rings. The van der Waals surface area contributed by atoms with Gasteiger partial charge in [-0.15, -0.1) is 0 Å². The second-order valence-electron chi connectivity index (χ2n) is 9.78. The van der Waals surface area contributed by atoms with E-state index in [-0.39, 0.29) is 11.5 Å². The maximum atomic E-state index is 12.4. The number of aliphatic hydroxyl groups excluding tert-OH is 1. The molecular formula is C28H32N4O5. The van der Waals surface area contributed by atoms with Crippen LogP contribution in [0.1, 0.15) is 54.1 Å². The first-order chi connectivity index (χ1) is 17.8. The molecule has 0 spiro atoms. The molecule has 5 atom stereocenters. The Kier molecular flexibility index (Phi) is 8.56. The van der Waals surface area contributed by atoms with E-state index >= 15 is 0 Å². The largest absolute Gasteiger partial charge is 0.391 e.